The largest absolute Gasteiger partial charge is 0.692 e. The molecule has 0 saturated carbocycles. The molecule has 0 amide bonds. The lowest BCUT2D eigenvalue weighted by molar-refractivity contribution is 0.405. The molecule has 0 aliphatic rings. The molecule has 168 valence electrons. The molecule has 0 fully saturated rings. The number of rotatable bonds is 18. The van der Waals surface area contributed by atoms with Gasteiger partial charge in [0.05, 0.1) is 0 Å². The lowest BCUT2D eigenvalue weighted by atomic mass is 9.97. The zero-order valence-corrected chi connectivity index (χ0v) is 20.3. The Bertz CT molecular complexity index is 332. The Morgan fingerprint density at radius 1 is 0.750 bits per heavy atom. The molecule has 0 bridgehead atoms. The molecule has 0 radical (unpaired) electrons. The third-order valence-electron chi connectivity index (χ3n) is 5.12. The van der Waals surface area contributed by atoms with Gasteiger partial charge in [0, 0.05) is 4.57 Å². The smallest absolute Gasteiger partial charge is 0.134 e. The standard InChI is InChI=1S/C24H48.HO3P/c1-5-7-9-11-13-15-20-24(22-18-17-19-23(3)4)21-16-14-12-10-8-6-2;1-4(2)3/h22-23H,5-21H2,1-4H3;(H-,1,2,3)/p+1. The first-order chi connectivity index (χ1) is 13.4. The highest BCUT2D eigenvalue weighted by Gasteiger charge is 2.00. The first-order valence-electron chi connectivity index (χ1n) is 12.0. The summed E-state index contributed by atoms with van der Waals surface area (Å²) in [6.07, 6.45) is 26.6. The molecule has 4 heteroatoms. The number of hydrogen-bond acceptors (Lipinski definition) is 1. The maximum Gasteiger partial charge on any atom is 0.692 e. The van der Waals surface area contributed by atoms with E-state index >= 15 is 0 Å². The Balaban J connectivity index is 0. The van der Waals surface area contributed by atoms with Gasteiger partial charge < -0.3 is 0 Å². The van der Waals surface area contributed by atoms with Gasteiger partial charge in [-0.2, -0.15) is 0 Å². The van der Waals surface area contributed by atoms with Crippen molar-refractivity contribution in [1.82, 2.24) is 0 Å². The van der Waals surface area contributed by atoms with Crippen LogP contribution in [0.4, 0.5) is 0 Å². The van der Waals surface area contributed by atoms with E-state index in [2.05, 4.69) is 33.8 Å². The Kier molecular flexibility index (Phi) is 26.5. The van der Waals surface area contributed by atoms with Crippen LogP contribution in [-0.4, -0.2) is 9.79 Å². The van der Waals surface area contributed by atoms with Crippen LogP contribution < -0.4 is 0 Å². The van der Waals surface area contributed by atoms with Crippen LogP contribution in [0.2, 0.25) is 0 Å². The Morgan fingerprint density at radius 3 is 1.54 bits per heavy atom. The third-order valence-corrected chi connectivity index (χ3v) is 5.12. The quantitative estimate of drug-likeness (QED) is 0.133. The van der Waals surface area contributed by atoms with Crippen LogP contribution in [0.3, 0.4) is 0 Å². The van der Waals surface area contributed by atoms with Crippen molar-refractivity contribution in [2.75, 3.05) is 0 Å². The zero-order valence-electron chi connectivity index (χ0n) is 19.4. The van der Waals surface area contributed by atoms with Crippen molar-refractivity contribution < 1.29 is 14.4 Å². The summed E-state index contributed by atoms with van der Waals surface area (Å²) in [6, 6.07) is 0. The second kappa shape index (κ2) is 24.8. The molecule has 28 heavy (non-hydrogen) atoms. The topological polar surface area (TPSA) is 57.5 Å². The second-order valence-electron chi connectivity index (χ2n) is 8.48. The minimum atomic E-state index is -2.87. The van der Waals surface area contributed by atoms with Gasteiger partial charge in [-0.1, -0.05) is 110 Å². The number of hydrogen-bond donors (Lipinski definition) is 2. The highest BCUT2D eigenvalue weighted by molar-refractivity contribution is 7.30. The van der Waals surface area contributed by atoms with Gasteiger partial charge in [-0.15, -0.1) is 9.79 Å². The van der Waals surface area contributed by atoms with Gasteiger partial charge in [0.25, 0.3) is 0 Å². The minimum Gasteiger partial charge on any atom is -0.134 e. The van der Waals surface area contributed by atoms with Crippen molar-refractivity contribution in [2.45, 2.75) is 137 Å². The highest BCUT2D eigenvalue weighted by atomic mass is 31.1. The molecule has 0 rings (SSSR count). The molecule has 2 N–H and O–H groups in total. The molecule has 0 spiro atoms. The predicted molar refractivity (Wildman–Crippen MR) is 125 cm³/mol. The van der Waals surface area contributed by atoms with Gasteiger partial charge >= 0.3 is 8.25 Å². The maximum absolute atomic E-state index is 8.70. The number of allylic oxidation sites excluding steroid dienone is 2. The van der Waals surface area contributed by atoms with E-state index in [0.717, 1.165) is 5.92 Å². The van der Waals surface area contributed by atoms with E-state index in [0.29, 0.717) is 0 Å². The fourth-order valence-electron chi connectivity index (χ4n) is 3.43. The molecule has 3 nitrogen and oxygen atoms in total. The molecular formula is C24H50O3P+. The van der Waals surface area contributed by atoms with Crippen molar-refractivity contribution in [3.63, 3.8) is 0 Å². The third kappa shape index (κ3) is 30.5. The molecule has 0 aliphatic carbocycles. The van der Waals surface area contributed by atoms with Crippen molar-refractivity contribution in [3.05, 3.63) is 11.6 Å². The molecule has 0 aromatic heterocycles. The monoisotopic (exact) mass is 417 g/mol. The van der Waals surface area contributed by atoms with E-state index in [-0.39, 0.29) is 0 Å². The van der Waals surface area contributed by atoms with Crippen molar-refractivity contribution >= 4 is 8.25 Å². The summed E-state index contributed by atoms with van der Waals surface area (Å²) in [5, 5.41) is 0. The average molecular weight is 418 g/mol. The summed E-state index contributed by atoms with van der Waals surface area (Å²) in [5.74, 6) is 0.860. The Morgan fingerprint density at radius 2 is 1.14 bits per heavy atom. The molecular weight excluding hydrogens is 367 g/mol. The van der Waals surface area contributed by atoms with Crippen molar-refractivity contribution in [2.24, 2.45) is 5.92 Å². The van der Waals surface area contributed by atoms with E-state index in [1.165, 1.54) is 109 Å². The molecule has 0 aromatic rings. The normalized spacial score (nSPS) is 10.5. The first-order valence-corrected chi connectivity index (χ1v) is 13.1. The summed E-state index contributed by atoms with van der Waals surface area (Å²) < 4.78 is 8.70. The van der Waals surface area contributed by atoms with Gasteiger partial charge in [0.1, 0.15) is 0 Å². The van der Waals surface area contributed by atoms with Crippen LogP contribution in [0.5, 0.6) is 0 Å². The summed E-state index contributed by atoms with van der Waals surface area (Å²) in [7, 11) is -2.87. The SMILES string of the molecule is CCCCCCCCC(=CCCCC(C)C)CCCCCCCC.O=[P+](O)O. The van der Waals surface area contributed by atoms with Crippen LogP contribution in [0.1, 0.15) is 137 Å². The number of unbranched alkanes of at least 4 members (excludes halogenated alkanes) is 11. The fraction of sp³-hybridized carbons (Fsp3) is 0.917. The van der Waals surface area contributed by atoms with Crippen LogP contribution >= 0.6 is 8.25 Å². The van der Waals surface area contributed by atoms with E-state index < -0.39 is 8.25 Å². The van der Waals surface area contributed by atoms with Crippen LogP contribution in [0.15, 0.2) is 11.6 Å². The molecule has 0 heterocycles. The summed E-state index contributed by atoms with van der Waals surface area (Å²) in [5.41, 5.74) is 1.78. The van der Waals surface area contributed by atoms with Gasteiger partial charge in [0.2, 0.25) is 0 Å². The van der Waals surface area contributed by atoms with E-state index in [1.807, 2.05) is 0 Å². The fourth-order valence-corrected chi connectivity index (χ4v) is 3.43. The lowest BCUT2D eigenvalue weighted by Gasteiger charge is -2.09. The van der Waals surface area contributed by atoms with Gasteiger partial charge in [-0.05, 0) is 44.4 Å². The van der Waals surface area contributed by atoms with E-state index in [9.17, 15) is 0 Å². The molecule has 0 saturated heterocycles. The second-order valence-corrected chi connectivity index (χ2v) is 8.98. The van der Waals surface area contributed by atoms with E-state index in [1.54, 1.807) is 5.57 Å². The maximum atomic E-state index is 8.70. The molecule has 0 atom stereocenters. The van der Waals surface area contributed by atoms with E-state index in [4.69, 9.17) is 14.4 Å². The van der Waals surface area contributed by atoms with Crippen molar-refractivity contribution in [3.8, 4) is 0 Å². The van der Waals surface area contributed by atoms with Crippen molar-refractivity contribution in [1.29, 1.82) is 0 Å². The van der Waals surface area contributed by atoms with Gasteiger partial charge in [-0.3, -0.25) is 0 Å². The average Bonchev–Trinajstić information content (AvgIpc) is 2.63. The van der Waals surface area contributed by atoms with Crippen LogP contribution in [0, 0.1) is 5.92 Å². The van der Waals surface area contributed by atoms with Gasteiger partial charge in [-0.25, -0.2) is 0 Å². The molecule has 0 aromatic carbocycles. The predicted octanol–water partition coefficient (Wildman–Crippen LogP) is 8.87. The summed E-state index contributed by atoms with van der Waals surface area (Å²) in [4.78, 5) is 14.2. The summed E-state index contributed by atoms with van der Waals surface area (Å²) in [6.45, 7) is 9.30. The zero-order chi connectivity index (χ0) is 21.5. The first kappa shape index (κ1) is 30.0. The molecule has 0 aliphatic heterocycles. The van der Waals surface area contributed by atoms with Crippen LogP contribution in [0.25, 0.3) is 0 Å². The van der Waals surface area contributed by atoms with Crippen LogP contribution in [-0.2, 0) is 4.57 Å². The summed E-state index contributed by atoms with van der Waals surface area (Å²) >= 11 is 0. The molecule has 0 unspecified atom stereocenters. The lowest BCUT2D eigenvalue weighted by Crippen LogP contribution is -1.90. The Labute approximate surface area is 177 Å². The highest BCUT2D eigenvalue weighted by Crippen LogP contribution is 2.20. The van der Waals surface area contributed by atoms with Gasteiger partial charge in [0.15, 0.2) is 0 Å². The Hall–Kier alpha value is -0.240. The minimum absolute atomic E-state index is 0.860.